The van der Waals surface area contributed by atoms with Crippen molar-refractivity contribution in [3.05, 3.63) is 47.3 Å². The fourth-order valence-corrected chi connectivity index (χ4v) is 3.62. The second-order valence-corrected chi connectivity index (χ2v) is 6.72. The number of carbonyl (C=O) groups excluding carboxylic acids is 1. The number of nitrogens with zero attached hydrogens (tertiary/aromatic N) is 3. The van der Waals surface area contributed by atoms with E-state index in [2.05, 4.69) is 33.3 Å². The van der Waals surface area contributed by atoms with Gasteiger partial charge in [-0.25, -0.2) is 0 Å². The van der Waals surface area contributed by atoms with Gasteiger partial charge in [0.1, 0.15) is 11.1 Å². The van der Waals surface area contributed by atoms with E-state index in [9.17, 15) is 4.79 Å². The SMILES string of the molecule is CC(C(=O)Nc1sccc1C#N)N1CCN(c2ccccc2)CC1. The quantitative estimate of drug-likeness (QED) is 0.930. The van der Waals surface area contributed by atoms with Gasteiger partial charge in [0.05, 0.1) is 11.6 Å². The number of piperazine rings is 1. The Labute approximate surface area is 146 Å². The summed E-state index contributed by atoms with van der Waals surface area (Å²) in [4.78, 5) is 17.0. The number of amides is 1. The predicted molar refractivity (Wildman–Crippen MR) is 97.4 cm³/mol. The van der Waals surface area contributed by atoms with E-state index in [1.807, 2.05) is 30.5 Å². The molecule has 1 amide bonds. The van der Waals surface area contributed by atoms with Gasteiger partial charge in [-0.05, 0) is 30.5 Å². The van der Waals surface area contributed by atoms with Crippen LogP contribution in [0.5, 0.6) is 0 Å². The number of para-hydroxylation sites is 1. The van der Waals surface area contributed by atoms with Gasteiger partial charge < -0.3 is 10.2 Å². The van der Waals surface area contributed by atoms with Crippen LogP contribution in [0.4, 0.5) is 10.7 Å². The van der Waals surface area contributed by atoms with Crippen molar-refractivity contribution >= 4 is 27.9 Å². The molecule has 1 saturated heterocycles. The number of thiophene rings is 1. The molecule has 1 fully saturated rings. The molecule has 3 rings (SSSR count). The van der Waals surface area contributed by atoms with Gasteiger partial charge in [0, 0.05) is 31.9 Å². The molecule has 1 atom stereocenters. The van der Waals surface area contributed by atoms with E-state index in [0.29, 0.717) is 10.6 Å². The molecule has 6 heteroatoms. The molecule has 24 heavy (non-hydrogen) atoms. The van der Waals surface area contributed by atoms with E-state index in [0.717, 1.165) is 26.2 Å². The van der Waals surface area contributed by atoms with Crippen molar-refractivity contribution in [2.75, 3.05) is 36.4 Å². The number of rotatable bonds is 4. The summed E-state index contributed by atoms with van der Waals surface area (Å²) in [6.45, 7) is 5.43. The first-order chi connectivity index (χ1) is 11.7. The lowest BCUT2D eigenvalue weighted by molar-refractivity contribution is -0.120. The molecule has 2 heterocycles. The van der Waals surface area contributed by atoms with E-state index in [1.165, 1.54) is 17.0 Å². The van der Waals surface area contributed by atoms with E-state index >= 15 is 0 Å². The Morgan fingerprint density at radius 2 is 1.92 bits per heavy atom. The highest BCUT2D eigenvalue weighted by Gasteiger charge is 2.26. The first-order valence-electron chi connectivity index (χ1n) is 8.01. The van der Waals surface area contributed by atoms with Crippen LogP contribution in [0.3, 0.4) is 0 Å². The predicted octanol–water partition coefficient (Wildman–Crippen LogP) is 2.77. The Morgan fingerprint density at radius 3 is 2.58 bits per heavy atom. The maximum Gasteiger partial charge on any atom is 0.242 e. The maximum absolute atomic E-state index is 12.5. The van der Waals surface area contributed by atoms with Crippen LogP contribution >= 0.6 is 11.3 Å². The van der Waals surface area contributed by atoms with Crippen molar-refractivity contribution < 1.29 is 4.79 Å². The number of anilines is 2. The number of benzene rings is 1. The normalized spacial score (nSPS) is 16.4. The molecule has 0 radical (unpaired) electrons. The molecule has 0 bridgehead atoms. The van der Waals surface area contributed by atoms with Gasteiger partial charge >= 0.3 is 0 Å². The zero-order valence-corrected chi connectivity index (χ0v) is 14.4. The minimum Gasteiger partial charge on any atom is -0.369 e. The second kappa shape index (κ2) is 7.47. The molecule has 1 unspecified atom stereocenters. The van der Waals surface area contributed by atoms with E-state index in [4.69, 9.17) is 5.26 Å². The zero-order chi connectivity index (χ0) is 16.9. The summed E-state index contributed by atoms with van der Waals surface area (Å²) in [5, 5.41) is 14.4. The highest BCUT2D eigenvalue weighted by molar-refractivity contribution is 7.14. The Bertz CT molecular complexity index is 729. The van der Waals surface area contributed by atoms with Gasteiger partial charge in [0.15, 0.2) is 0 Å². The van der Waals surface area contributed by atoms with Crippen molar-refractivity contribution in [2.24, 2.45) is 0 Å². The first kappa shape index (κ1) is 16.5. The third-order valence-electron chi connectivity index (χ3n) is 4.39. The lowest BCUT2D eigenvalue weighted by atomic mass is 10.2. The molecule has 1 aliphatic rings. The average molecular weight is 340 g/mol. The Balaban J connectivity index is 1.56. The van der Waals surface area contributed by atoms with Crippen molar-refractivity contribution in [2.45, 2.75) is 13.0 Å². The number of hydrogen-bond donors (Lipinski definition) is 1. The third kappa shape index (κ3) is 3.58. The molecular weight excluding hydrogens is 320 g/mol. The van der Waals surface area contributed by atoms with Crippen LogP contribution in [-0.2, 0) is 4.79 Å². The van der Waals surface area contributed by atoms with Gasteiger partial charge in [0.25, 0.3) is 0 Å². The Kier molecular flexibility index (Phi) is 5.14. The van der Waals surface area contributed by atoms with Crippen molar-refractivity contribution in [1.82, 2.24) is 4.90 Å². The molecule has 0 spiro atoms. The van der Waals surface area contributed by atoms with E-state index in [-0.39, 0.29) is 11.9 Å². The summed E-state index contributed by atoms with van der Waals surface area (Å²) in [6, 6.07) is 14.0. The van der Waals surface area contributed by atoms with Crippen LogP contribution in [0, 0.1) is 11.3 Å². The highest BCUT2D eigenvalue weighted by atomic mass is 32.1. The standard InChI is InChI=1S/C18H20N4OS/c1-14(17(23)20-18-15(13-19)7-12-24-18)21-8-10-22(11-9-21)16-5-3-2-4-6-16/h2-7,12,14H,8-11H2,1H3,(H,20,23). The molecule has 1 aliphatic heterocycles. The van der Waals surface area contributed by atoms with E-state index in [1.54, 1.807) is 6.07 Å². The average Bonchev–Trinajstić information content (AvgIpc) is 3.09. The monoisotopic (exact) mass is 340 g/mol. The number of nitriles is 1. The number of nitrogens with one attached hydrogen (secondary N) is 1. The molecular formula is C18H20N4OS. The van der Waals surface area contributed by atoms with Crippen LogP contribution in [-0.4, -0.2) is 43.0 Å². The van der Waals surface area contributed by atoms with Gasteiger partial charge in [-0.1, -0.05) is 18.2 Å². The lowest BCUT2D eigenvalue weighted by Crippen LogP contribution is -2.52. The molecule has 5 nitrogen and oxygen atoms in total. The lowest BCUT2D eigenvalue weighted by Gasteiger charge is -2.38. The number of carbonyl (C=O) groups is 1. The minimum atomic E-state index is -0.212. The molecule has 0 aliphatic carbocycles. The summed E-state index contributed by atoms with van der Waals surface area (Å²) in [5.41, 5.74) is 1.75. The maximum atomic E-state index is 12.5. The molecule has 1 N–H and O–H groups in total. The third-order valence-corrected chi connectivity index (χ3v) is 5.22. The molecule has 1 aromatic carbocycles. The smallest absolute Gasteiger partial charge is 0.242 e. The van der Waals surface area contributed by atoms with Crippen LogP contribution in [0.25, 0.3) is 0 Å². The van der Waals surface area contributed by atoms with Crippen molar-refractivity contribution in [3.8, 4) is 6.07 Å². The van der Waals surface area contributed by atoms with Gasteiger partial charge in [-0.2, -0.15) is 5.26 Å². The summed E-state index contributed by atoms with van der Waals surface area (Å²) in [5.74, 6) is -0.0536. The van der Waals surface area contributed by atoms with Crippen molar-refractivity contribution in [1.29, 1.82) is 5.26 Å². The van der Waals surface area contributed by atoms with Crippen LogP contribution in [0.1, 0.15) is 12.5 Å². The fraction of sp³-hybridized carbons (Fsp3) is 0.333. The Morgan fingerprint density at radius 1 is 1.21 bits per heavy atom. The first-order valence-corrected chi connectivity index (χ1v) is 8.89. The largest absolute Gasteiger partial charge is 0.369 e. The fourth-order valence-electron chi connectivity index (χ4n) is 2.88. The summed E-state index contributed by atoms with van der Waals surface area (Å²) >= 11 is 1.38. The minimum absolute atomic E-state index is 0.0536. The van der Waals surface area contributed by atoms with Crippen LogP contribution < -0.4 is 10.2 Å². The zero-order valence-electron chi connectivity index (χ0n) is 13.6. The van der Waals surface area contributed by atoms with E-state index < -0.39 is 0 Å². The summed E-state index contributed by atoms with van der Waals surface area (Å²) in [6.07, 6.45) is 0. The van der Waals surface area contributed by atoms with Crippen molar-refractivity contribution in [3.63, 3.8) is 0 Å². The highest BCUT2D eigenvalue weighted by Crippen LogP contribution is 2.23. The second-order valence-electron chi connectivity index (χ2n) is 5.80. The van der Waals surface area contributed by atoms with Gasteiger partial charge in [-0.3, -0.25) is 9.69 Å². The molecule has 2 aromatic rings. The molecule has 0 saturated carbocycles. The summed E-state index contributed by atoms with van der Waals surface area (Å²) < 4.78 is 0. The number of hydrogen-bond acceptors (Lipinski definition) is 5. The molecule has 1 aromatic heterocycles. The summed E-state index contributed by atoms with van der Waals surface area (Å²) in [7, 11) is 0. The van der Waals surface area contributed by atoms with Crippen LogP contribution in [0.2, 0.25) is 0 Å². The Hall–Kier alpha value is -2.36. The van der Waals surface area contributed by atoms with Crippen LogP contribution in [0.15, 0.2) is 41.8 Å². The topological polar surface area (TPSA) is 59.4 Å². The molecule has 124 valence electrons. The van der Waals surface area contributed by atoms with Gasteiger partial charge in [0.2, 0.25) is 5.91 Å². The van der Waals surface area contributed by atoms with Gasteiger partial charge in [-0.15, -0.1) is 11.3 Å².